The number of rotatable bonds is 26. The maximum atomic E-state index is 12.5. The summed E-state index contributed by atoms with van der Waals surface area (Å²) in [7, 11) is 0. The van der Waals surface area contributed by atoms with Crippen LogP contribution in [0.4, 0.5) is 0 Å². The quantitative estimate of drug-likeness (QED) is 0.0616. The number of aliphatic hydroxyl groups excluding tert-OH is 8. The highest BCUT2D eigenvalue weighted by atomic mass is 16.7. The number of aliphatic hydroxyl groups is 8. The number of hydrogen-bond acceptors (Lipinski definition) is 13. The van der Waals surface area contributed by atoms with Crippen molar-refractivity contribution >= 4 is 16.8 Å². The predicted molar refractivity (Wildman–Crippen MR) is 208 cm³/mol. The molecule has 3 heterocycles. The van der Waals surface area contributed by atoms with Crippen LogP contribution in [0.5, 0.6) is 5.75 Å². The fourth-order valence-electron chi connectivity index (χ4n) is 7.39. The van der Waals surface area contributed by atoms with Crippen molar-refractivity contribution in [2.24, 2.45) is 0 Å². The Morgan fingerprint density at radius 3 is 1.91 bits per heavy atom. The zero-order chi connectivity index (χ0) is 40.5. The van der Waals surface area contributed by atoms with Crippen LogP contribution in [0.1, 0.15) is 115 Å². The summed E-state index contributed by atoms with van der Waals surface area (Å²) < 4.78 is 22.5. The van der Waals surface area contributed by atoms with Crippen LogP contribution in [0.2, 0.25) is 0 Å². The topological polar surface area (TPSA) is 244 Å². The van der Waals surface area contributed by atoms with Crippen molar-refractivity contribution in [1.82, 2.24) is 10.3 Å². The van der Waals surface area contributed by atoms with Crippen molar-refractivity contribution in [3.63, 3.8) is 0 Å². The molecule has 2 aliphatic heterocycles. The van der Waals surface area contributed by atoms with Gasteiger partial charge in [0.05, 0.1) is 19.3 Å². The predicted octanol–water partition coefficient (Wildman–Crippen LogP) is 2.45. The lowest BCUT2D eigenvalue weighted by Gasteiger charge is -2.42. The molecule has 11 atom stereocenters. The Bertz CT molecular complexity index is 1390. The van der Waals surface area contributed by atoms with E-state index >= 15 is 0 Å². The summed E-state index contributed by atoms with van der Waals surface area (Å²) in [6.07, 6.45) is 5.57. The molecule has 0 spiro atoms. The minimum atomic E-state index is -1.67. The van der Waals surface area contributed by atoms with Gasteiger partial charge in [0.1, 0.15) is 54.6 Å². The van der Waals surface area contributed by atoms with E-state index in [1.807, 2.05) is 13.1 Å². The number of carbonyl (C=O) groups excluding carboxylic acids is 1. The highest BCUT2D eigenvalue weighted by molar-refractivity contribution is 5.84. The first-order valence-electron chi connectivity index (χ1n) is 20.8. The van der Waals surface area contributed by atoms with Gasteiger partial charge >= 0.3 is 0 Å². The second kappa shape index (κ2) is 24.5. The normalized spacial score (nSPS) is 28.7. The number of fused-ring (bicyclic) bond motifs is 1. The smallest absolute Gasteiger partial charge is 0.229 e. The van der Waals surface area contributed by atoms with Crippen molar-refractivity contribution in [2.75, 3.05) is 19.8 Å². The van der Waals surface area contributed by atoms with Crippen molar-refractivity contribution in [2.45, 2.75) is 184 Å². The first-order valence-corrected chi connectivity index (χ1v) is 20.8. The van der Waals surface area contributed by atoms with Crippen molar-refractivity contribution in [3.8, 4) is 5.75 Å². The molecule has 15 heteroatoms. The first-order chi connectivity index (χ1) is 27.0. The van der Waals surface area contributed by atoms with Gasteiger partial charge < -0.3 is 70.1 Å². The van der Waals surface area contributed by atoms with Crippen LogP contribution in [-0.4, -0.2) is 139 Å². The number of carbonyl (C=O) groups is 1. The van der Waals surface area contributed by atoms with Gasteiger partial charge in [-0.3, -0.25) is 4.79 Å². The highest BCUT2D eigenvalue weighted by Gasteiger charge is 2.48. The molecule has 2 fully saturated rings. The van der Waals surface area contributed by atoms with Gasteiger partial charge in [-0.25, -0.2) is 0 Å². The van der Waals surface area contributed by atoms with Gasteiger partial charge in [0.2, 0.25) is 12.2 Å². The summed E-state index contributed by atoms with van der Waals surface area (Å²) in [6, 6.07) is 5.20. The summed E-state index contributed by atoms with van der Waals surface area (Å²) in [5, 5.41) is 84.7. The molecule has 0 bridgehead atoms. The second-order valence-corrected chi connectivity index (χ2v) is 15.6. The number of H-pyrrole nitrogens is 1. The number of unbranched alkanes of at least 4 members (excludes halogenated alkanes) is 13. The molecule has 0 aliphatic carbocycles. The van der Waals surface area contributed by atoms with Gasteiger partial charge in [0.15, 0.2) is 6.29 Å². The molecule has 0 saturated carbocycles. The number of amides is 1. The zero-order valence-corrected chi connectivity index (χ0v) is 32.9. The third-order valence-electron chi connectivity index (χ3n) is 10.9. The Labute approximate surface area is 330 Å². The number of aromatic nitrogens is 1. The van der Waals surface area contributed by atoms with E-state index in [0.29, 0.717) is 25.1 Å². The van der Waals surface area contributed by atoms with Gasteiger partial charge in [-0.15, -0.1) is 0 Å². The van der Waals surface area contributed by atoms with Crippen LogP contribution in [0, 0.1) is 0 Å². The summed E-state index contributed by atoms with van der Waals surface area (Å²) in [5.74, 6) is 0.349. The molecule has 4 rings (SSSR count). The maximum absolute atomic E-state index is 12.5. The van der Waals surface area contributed by atoms with Gasteiger partial charge in [-0.2, -0.15) is 0 Å². The Morgan fingerprint density at radius 2 is 1.30 bits per heavy atom. The molecule has 320 valence electrons. The first kappa shape index (κ1) is 46.3. The number of aromatic amines is 1. The van der Waals surface area contributed by atoms with E-state index in [0.717, 1.165) is 48.6 Å². The molecule has 1 amide bonds. The summed E-state index contributed by atoms with van der Waals surface area (Å²) in [5.41, 5.74) is 1.78. The minimum Gasteiger partial charge on any atom is -0.462 e. The molecule has 56 heavy (non-hydrogen) atoms. The molecule has 10 N–H and O–H groups in total. The Hall–Kier alpha value is -2.41. The zero-order valence-electron chi connectivity index (χ0n) is 32.9. The van der Waals surface area contributed by atoms with Gasteiger partial charge in [0.25, 0.3) is 0 Å². The molecule has 2 saturated heterocycles. The lowest BCUT2D eigenvalue weighted by molar-refractivity contribution is -0.323. The van der Waals surface area contributed by atoms with E-state index in [1.165, 1.54) is 64.2 Å². The highest BCUT2D eigenvalue weighted by Crippen LogP contribution is 2.30. The number of nitrogens with one attached hydrogen (secondary N) is 2. The fourth-order valence-corrected chi connectivity index (χ4v) is 7.39. The van der Waals surface area contributed by atoms with Crippen LogP contribution in [0.25, 0.3) is 10.9 Å². The van der Waals surface area contributed by atoms with E-state index in [-0.39, 0.29) is 12.0 Å². The van der Waals surface area contributed by atoms with Crippen LogP contribution >= 0.6 is 0 Å². The molecule has 2 aliphatic rings. The number of ether oxygens (including phenoxy) is 4. The Balaban J connectivity index is 1.11. The molecule has 1 unspecified atom stereocenters. The van der Waals surface area contributed by atoms with Crippen molar-refractivity contribution in [3.05, 3.63) is 30.0 Å². The largest absolute Gasteiger partial charge is 0.462 e. The molecule has 1 aromatic carbocycles. The van der Waals surface area contributed by atoms with Crippen LogP contribution in [-0.2, 0) is 25.4 Å². The van der Waals surface area contributed by atoms with Crippen LogP contribution in [0.3, 0.4) is 0 Å². The molecule has 15 nitrogen and oxygen atoms in total. The average molecular weight is 797 g/mol. The maximum Gasteiger partial charge on any atom is 0.229 e. The van der Waals surface area contributed by atoms with Crippen LogP contribution < -0.4 is 10.1 Å². The Morgan fingerprint density at radius 1 is 0.750 bits per heavy atom. The monoisotopic (exact) mass is 796 g/mol. The second-order valence-electron chi connectivity index (χ2n) is 15.6. The molecular formula is C41H68N2O13. The van der Waals surface area contributed by atoms with Gasteiger partial charge in [0, 0.05) is 30.1 Å². The minimum absolute atomic E-state index is 0.0334. The standard InChI is InChI=1S/C41H68N2O13/c1-26(45)16-14-12-10-8-6-4-2-3-5-7-9-11-13-15-17-33(46)42-21-20-27-23-43-30-19-18-28(22-29(27)30)54-41-39(52)37(50)35(48)32(56-41)25-53-40-38(51)36(49)34(47)31(24-44)55-40/h18-19,22-23,26,31-32,34-41,43-45,47-52H,2-17,20-21,24-25H2,1H3,(H,42,46)/t26?,31-,32-,34-,35-,36+,37+,38-,39-,40-,41-/m1/s1. The van der Waals surface area contributed by atoms with Gasteiger partial charge in [-0.05, 0) is 49.9 Å². The molecule has 0 radical (unpaired) electrons. The van der Waals surface area contributed by atoms with Gasteiger partial charge in [-0.1, -0.05) is 83.5 Å². The lowest BCUT2D eigenvalue weighted by atomic mass is 9.98. The van der Waals surface area contributed by atoms with E-state index in [2.05, 4.69) is 10.3 Å². The Kier molecular flexibility index (Phi) is 20.2. The molecular weight excluding hydrogens is 728 g/mol. The van der Waals surface area contributed by atoms with Crippen LogP contribution in [0.15, 0.2) is 24.4 Å². The van der Waals surface area contributed by atoms with E-state index < -0.39 is 74.6 Å². The van der Waals surface area contributed by atoms with E-state index in [9.17, 15) is 45.6 Å². The SMILES string of the molecule is CC(O)CCCCCCCCCCCCCCCCC(=O)NCCc1c[nH]c2ccc(O[C@@H]3O[C@H](CO[C@@H]4O[C@H](CO)[C@@H](O)[C@H](O)[C@H]4O)[C@@H](O)[C@H](O)[C@H]3O)cc12. The molecule has 2 aromatic rings. The summed E-state index contributed by atoms with van der Waals surface area (Å²) >= 11 is 0. The summed E-state index contributed by atoms with van der Waals surface area (Å²) in [4.78, 5) is 15.7. The third kappa shape index (κ3) is 14.5. The van der Waals surface area contributed by atoms with E-state index in [1.54, 1.807) is 18.2 Å². The number of benzene rings is 1. The average Bonchev–Trinajstić information content (AvgIpc) is 3.58. The van der Waals surface area contributed by atoms with E-state index in [4.69, 9.17) is 18.9 Å². The molecule has 1 aromatic heterocycles. The fraction of sp³-hybridized carbons (Fsp3) is 0.780. The third-order valence-corrected chi connectivity index (χ3v) is 10.9. The summed E-state index contributed by atoms with van der Waals surface area (Å²) in [6.45, 7) is 1.21. The lowest BCUT2D eigenvalue weighted by Crippen LogP contribution is -2.62. The number of hydrogen-bond donors (Lipinski definition) is 10. The van der Waals surface area contributed by atoms with Crippen molar-refractivity contribution in [1.29, 1.82) is 0 Å². The van der Waals surface area contributed by atoms with Crippen molar-refractivity contribution < 1.29 is 64.6 Å².